The molecule has 2 aromatic heterocycles. The summed E-state index contributed by atoms with van der Waals surface area (Å²) in [6, 6.07) is 0. The molecular weight excluding hydrogens is 280 g/mol. The maximum absolute atomic E-state index is 11.7. The van der Waals surface area contributed by atoms with Crippen LogP contribution in [0, 0.1) is 11.8 Å². The Kier molecular flexibility index (Phi) is 4.31. The van der Waals surface area contributed by atoms with E-state index in [0.717, 1.165) is 30.5 Å². The van der Waals surface area contributed by atoms with Crippen LogP contribution < -0.4 is 5.56 Å². The highest BCUT2D eigenvalue weighted by molar-refractivity contribution is 5.77. The summed E-state index contributed by atoms with van der Waals surface area (Å²) in [5, 5.41) is 10.2. The number of H-pyrrole nitrogens is 2. The normalized spacial score (nSPS) is 22.9. The number of hydrogen-bond acceptors (Lipinski definition) is 4. The van der Waals surface area contributed by atoms with Crippen LogP contribution >= 0.6 is 0 Å². The van der Waals surface area contributed by atoms with E-state index >= 15 is 0 Å². The van der Waals surface area contributed by atoms with Crippen LogP contribution in [0.2, 0.25) is 0 Å². The van der Waals surface area contributed by atoms with Gasteiger partial charge in [-0.3, -0.25) is 9.69 Å². The zero-order valence-corrected chi connectivity index (χ0v) is 13.2. The van der Waals surface area contributed by atoms with Crippen molar-refractivity contribution in [3.8, 4) is 0 Å². The first-order valence-electron chi connectivity index (χ1n) is 7.98. The van der Waals surface area contributed by atoms with Crippen molar-refractivity contribution in [2.75, 3.05) is 13.1 Å². The number of β-amino-alcohol motifs (C(OH)–C–C–N with tert-alkyl or cyclic N) is 1. The van der Waals surface area contributed by atoms with Crippen molar-refractivity contribution in [3.63, 3.8) is 0 Å². The van der Waals surface area contributed by atoms with Crippen LogP contribution in [0.1, 0.15) is 32.3 Å². The van der Waals surface area contributed by atoms with Gasteiger partial charge in [-0.1, -0.05) is 20.3 Å². The Balaban J connectivity index is 1.68. The number of likely N-dealkylation sites (tertiary alicyclic amines) is 1. The lowest BCUT2D eigenvalue weighted by atomic mass is 9.96. The summed E-state index contributed by atoms with van der Waals surface area (Å²) in [6.45, 7) is 6.75. The molecule has 22 heavy (non-hydrogen) atoms. The topological polar surface area (TPSA) is 85.0 Å². The second-order valence-corrected chi connectivity index (χ2v) is 6.76. The fourth-order valence-electron chi connectivity index (χ4n) is 3.27. The van der Waals surface area contributed by atoms with Gasteiger partial charge in [0.15, 0.2) is 0 Å². The molecule has 3 N–H and O–H groups in total. The zero-order chi connectivity index (χ0) is 15.7. The Morgan fingerprint density at radius 1 is 1.41 bits per heavy atom. The number of aliphatic hydroxyl groups is 1. The molecule has 0 amide bonds. The van der Waals surface area contributed by atoms with Crippen LogP contribution in [0.3, 0.4) is 0 Å². The molecule has 1 saturated heterocycles. The van der Waals surface area contributed by atoms with Crippen LogP contribution in [0.25, 0.3) is 11.0 Å². The predicted octanol–water partition coefficient (Wildman–Crippen LogP) is 1.48. The summed E-state index contributed by atoms with van der Waals surface area (Å²) < 4.78 is 0. The Morgan fingerprint density at radius 2 is 2.23 bits per heavy atom. The Hall–Kier alpha value is -1.66. The average molecular weight is 304 g/mol. The predicted molar refractivity (Wildman–Crippen MR) is 85.6 cm³/mol. The molecule has 3 heterocycles. The van der Waals surface area contributed by atoms with E-state index < -0.39 is 0 Å². The van der Waals surface area contributed by atoms with Crippen molar-refractivity contribution in [2.24, 2.45) is 11.8 Å². The first kappa shape index (κ1) is 15.2. The fraction of sp³-hybridized carbons (Fsp3) is 0.625. The molecule has 6 heteroatoms. The van der Waals surface area contributed by atoms with Crippen molar-refractivity contribution >= 4 is 11.0 Å². The van der Waals surface area contributed by atoms with Gasteiger partial charge in [-0.25, -0.2) is 4.98 Å². The molecule has 0 spiro atoms. The van der Waals surface area contributed by atoms with Gasteiger partial charge in [-0.05, 0) is 18.3 Å². The third kappa shape index (κ3) is 3.08. The smallest absolute Gasteiger partial charge is 0.275 e. The Bertz CT molecular complexity index is 691. The number of hydrogen-bond donors (Lipinski definition) is 3. The van der Waals surface area contributed by atoms with E-state index in [9.17, 15) is 9.90 Å². The minimum atomic E-state index is -0.250. The molecule has 1 fully saturated rings. The van der Waals surface area contributed by atoms with Gasteiger partial charge >= 0.3 is 0 Å². The van der Waals surface area contributed by atoms with Crippen molar-refractivity contribution in [1.82, 2.24) is 19.9 Å². The summed E-state index contributed by atoms with van der Waals surface area (Å²) in [5.74, 6) is 1.02. The van der Waals surface area contributed by atoms with Crippen molar-refractivity contribution in [2.45, 2.75) is 39.3 Å². The quantitative estimate of drug-likeness (QED) is 0.781. The number of rotatable bonds is 5. The van der Waals surface area contributed by atoms with E-state index in [1.165, 1.54) is 6.33 Å². The van der Waals surface area contributed by atoms with Gasteiger partial charge in [0.1, 0.15) is 5.52 Å². The summed E-state index contributed by atoms with van der Waals surface area (Å²) in [4.78, 5) is 23.8. The third-order valence-electron chi connectivity index (χ3n) is 4.54. The Morgan fingerprint density at radius 3 is 3.00 bits per heavy atom. The molecule has 0 unspecified atom stereocenters. The third-order valence-corrected chi connectivity index (χ3v) is 4.54. The highest BCUT2D eigenvalue weighted by Crippen LogP contribution is 2.26. The fourth-order valence-corrected chi connectivity index (χ4v) is 3.27. The number of aromatic amines is 2. The molecule has 3 rings (SSSR count). The zero-order valence-electron chi connectivity index (χ0n) is 13.2. The number of aromatic nitrogens is 3. The van der Waals surface area contributed by atoms with Gasteiger partial charge < -0.3 is 15.1 Å². The molecule has 0 radical (unpaired) electrons. The molecule has 120 valence electrons. The van der Waals surface area contributed by atoms with Gasteiger partial charge in [-0.15, -0.1) is 0 Å². The summed E-state index contributed by atoms with van der Waals surface area (Å²) in [6.07, 6.45) is 5.26. The molecule has 2 atom stereocenters. The second-order valence-electron chi connectivity index (χ2n) is 6.76. The summed E-state index contributed by atoms with van der Waals surface area (Å²) in [7, 11) is 0. The van der Waals surface area contributed by atoms with Gasteiger partial charge in [0.25, 0.3) is 5.56 Å². The van der Waals surface area contributed by atoms with Crippen LogP contribution in [0.4, 0.5) is 0 Å². The van der Waals surface area contributed by atoms with Gasteiger partial charge in [0, 0.05) is 31.4 Å². The Labute approximate surface area is 129 Å². The van der Waals surface area contributed by atoms with Crippen molar-refractivity contribution in [3.05, 3.63) is 28.4 Å². The second kappa shape index (κ2) is 6.22. The minimum Gasteiger partial charge on any atom is -0.391 e. The largest absolute Gasteiger partial charge is 0.391 e. The van der Waals surface area contributed by atoms with E-state index in [4.69, 9.17) is 0 Å². The maximum atomic E-state index is 11.7. The lowest BCUT2D eigenvalue weighted by Crippen LogP contribution is -2.21. The molecule has 0 aliphatic carbocycles. The van der Waals surface area contributed by atoms with Gasteiger partial charge in [0.05, 0.1) is 17.9 Å². The van der Waals surface area contributed by atoms with E-state index in [1.54, 1.807) is 0 Å². The average Bonchev–Trinajstić information content (AvgIpc) is 3.02. The molecule has 0 saturated carbocycles. The standard InChI is InChI=1S/C16H24N4O2/c1-10(2)3-4-11-6-20(8-13(11)21)7-12-5-17-15-14(12)18-9-19-16(15)22/h5,9-11,13,17,21H,3-4,6-8H2,1-2H3,(H,18,19,22)/t11-,13-/m1/s1. The lowest BCUT2D eigenvalue weighted by Gasteiger charge is -2.15. The first-order valence-corrected chi connectivity index (χ1v) is 7.98. The van der Waals surface area contributed by atoms with Gasteiger partial charge in [0.2, 0.25) is 0 Å². The summed E-state index contributed by atoms with van der Waals surface area (Å²) >= 11 is 0. The minimum absolute atomic E-state index is 0.146. The SMILES string of the molecule is CC(C)CC[C@@H]1CN(Cc2c[nH]c3c(=O)[nH]cnc23)C[C@H]1O. The number of nitrogens with one attached hydrogen (secondary N) is 2. The first-order chi connectivity index (χ1) is 10.5. The van der Waals surface area contributed by atoms with Crippen molar-refractivity contribution in [1.29, 1.82) is 0 Å². The molecule has 1 aliphatic rings. The summed E-state index contributed by atoms with van der Waals surface area (Å²) in [5.41, 5.74) is 2.11. The number of fused-ring (bicyclic) bond motifs is 1. The monoisotopic (exact) mass is 304 g/mol. The van der Waals surface area contributed by atoms with E-state index in [-0.39, 0.29) is 11.7 Å². The number of aliphatic hydroxyl groups excluding tert-OH is 1. The van der Waals surface area contributed by atoms with Crippen LogP contribution in [0.5, 0.6) is 0 Å². The molecule has 6 nitrogen and oxygen atoms in total. The van der Waals surface area contributed by atoms with Gasteiger partial charge in [-0.2, -0.15) is 0 Å². The van der Waals surface area contributed by atoms with E-state index in [2.05, 4.69) is 33.7 Å². The molecule has 0 aromatic carbocycles. The van der Waals surface area contributed by atoms with Crippen LogP contribution in [0.15, 0.2) is 17.3 Å². The van der Waals surface area contributed by atoms with Crippen molar-refractivity contribution < 1.29 is 5.11 Å². The molecule has 2 aromatic rings. The maximum Gasteiger partial charge on any atom is 0.275 e. The lowest BCUT2D eigenvalue weighted by molar-refractivity contribution is 0.134. The molecule has 1 aliphatic heterocycles. The molecule has 0 bridgehead atoms. The van der Waals surface area contributed by atoms with E-state index in [1.807, 2.05) is 6.20 Å². The van der Waals surface area contributed by atoms with E-state index in [0.29, 0.717) is 30.4 Å². The molecular formula is C16H24N4O2. The number of nitrogens with zero attached hydrogens (tertiary/aromatic N) is 2. The van der Waals surface area contributed by atoms with Crippen LogP contribution in [-0.2, 0) is 6.54 Å². The highest BCUT2D eigenvalue weighted by Gasteiger charge is 2.31. The van der Waals surface area contributed by atoms with Crippen LogP contribution in [-0.4, -0.2) is 44.2 Å². The highest BCUT2D eigenvalue weighted by atomic mass is 16.3.